The molecule has 1 aliphatic heterocycles. The molecule has 2 rings (SSSR count). The van der Waals surface area contributed by atoms with Crippen molar-refractivity contribution in [3.63, 3.8) is 0 Å². The molecule has 0 spiro atoms. The summed E-state index contributed by atoms with van der Waals surface area (Å²) in [5, 5.41) is 8.97. The van der Waals surface area contributed by atoms with Crippen molar-refractivity contribution in [3.05, 3.63) is 28.0 Å². The SMILES string of the molecule is CN(C)C1CCN(c2ccc(C(=O)O)c(Br)c2F)CC1. The van der Waals surface area contributed by atoms with E-state index in [1.807, 2.05) is 4.90 Å². The highest BCUT2D eigenvalue weighted by molar-refractivity contribution is 9.10. The normalized spacial score (nSPS) is 16.8. The molecule has 1 heterocycles. The fraction of sp³-hybridized carbons (Fsp3) is 0.500. The number of carboxylic acid groups (broad SMARTS) is 1. The summed E-state index contributed by atoms with van der Waals surface area (Å²) >= 11 is 3.04. The first-order valence-corrected chi connectivity index (χ1v) is 7.33. The third-order valence-corrected chi connectivity index (χ3v) is 4.60. The van der Waals surface area contributed by atoms with E-state index in [0.717, 1.165) is 25.9 Å². The fourth-order valence-corrected chi connectivity index (χ4v) is 3.08. The number of aromatic carboxylic acids is 1. The Morgan fingerprint density at radius 1 is 1.40 bits per heavy atom. The van der Waals surface area contributed by atoms with Gasteiger partial charge in [0.15, 0.2) is 5.82 Å². The van der Waals surface area contributed by atoms with E-state index in [9.17, 15) is 9.18 Å². The van der Waals surface area contributed by atoms with E-state index in [1.165, 1.54) is 6.07 Å². The second kappa shape index (κ2) is 6.10. The van der Waals surface area contributed by atoms with Gasteiger partial charge in [0.1, 0.15) is 0 Å². The smallest absolute Gasteiger partial charge is 0.336 e. The summed E-state index contributed by atoms with van der Waals surface area (Å²) in [4.78, 5) is 15.1. The molecule has 0 radical (unpaired) electrons. The van der Waals surface area contributed by atoms with Crippen LogP contribution in [0.1, 0.15) is 23.2 Å². The van der Waals surface area contributed by atoms with Crippen LogP contribution in [0.25, 0.3) is 0 Å². The molecule has 0 unspecified atom stereocenters. The van der Waals surface area contributed by atoms with Crippen molar-refractivity contribution >= 4 is 27.6 Å². The third-order valence-electron chi connectivity index (χ3n) is 3.83. The number of nitrogens with zero attached hydrogens (tertiary/aromatic N) is 2. The zero-order chi connectivity index (χ0) is 14.9. The van der Waals surface area contributed by atoms with Crippen LogP contribution in [-0.2, 0) is 0 Å². The van der Waals surface area contributed by atoms with Crippen LogP contribution in [0.5, 0.6) is 0 Å². The van der Waals surface area contributed by atoms with Gasteiger partial charge in [-0.15, -0.1) is 0 Å². The van der Waals surface area contributed by atoms with Crippen molar-refractivity contribution in [3.8, 4) is 0 Å². The Kier molecular flexibility index (Phi) is 4.65. The van der Waals surface area contributed by atoms with Crippen molar-refractivity contribution in [2.75, 3.05) is 32.1 Å². The standard InChI is InChI=1S/C14H18BrFN2O2/c1-17(2)9-5-7-18(8-6-9)11-4-3-10(14(19)20)12(15)13(11)16/h3-4,9H,5-8H2,1-2H3,(H,19,20). The van der Waals surface area contributed by atoms with Gasteiger partial charge in [-0.05, 0) is 55.0 Å². The zero-order valence-corrected chi connectivity index (χ0v) is 13.2. The van der Waals surface area contributed by atoms with Crippen LogP contribution in [0, 0.1) is 5.82 Å². The largest absolute Gasteiger partial charge is 0.478 e. The maximum atomic E-state index is 14.3. The average molecular weight is 345 g/mol. The molecule has 1 fully saturated rings. The number of hydrogen-bond acceptors (Lipinski definition) is 3. The first kappa shape index (κ1) is 15.3. The number of rotatable bonds is 3. The van der Waals surface area contributed by atoms with E-state index in [1.54, 1.807) is 6.07 Å². The van der Waals surface area contributed by atoms with Crippen LogP contribution in [0.15, 0.2) is 16.6 Å². The van der Waals surface area contributed by atoms with Gasteiger partial charge in [0.05, 0.1) is 15.7 Å². The predicted octanol–water partition coefficient (Wildman–Crippen LogP) is 2.82. The fourth-order valence-electron chi connectivity index (χ4n) is 2.57. The highest BCUT2D eigenvalue weighted by atomic mass is 79.9. The monoisotopic (exact) mass is 344 g/mol. The number of carbonyl (C=O) groups is 1. The third kappa shape index (κ3) is 2.96. The molecule has 4 nitrogen and oxygen atoms in total. The van der Waals surface area contributed by atoms with E-state index >= 15 is 0 Å². The maximum absolute atomic E-state index is 14.3. The van der Waals surface area contributed by atoms with Crippen LogP contribution >= 0.6 is 15.9 Å². The number of piperidine rings is 1. The van der Waals surface area contributed by atoms with Crippen molar-refractivity contribution in [2.45, 2.75) is 18.9 Å². The Balaban J connectivity index is 2.19. The highest BCUT2D eigenvalue weighted by Gasteiger charge is 2.24. The Hall–Kier alpha value is -1.14. The van der Waals surface area contributed by atoms with Gasteiger partial charge < -0.3 is 14.9 Å². The summed E-state index contributed by atoms with van der Waals surface area (Å²) in [7, 11) is 4.11. The summed E-state index contributed by atoms with van der Waals surface area (Å²) in [5.74, 6) is -1.62. The van der Waals surface area contributed by atoms with Gasteiger partial charge in [-0.2, -0.15) is 0 Å². The number of halogens is 2. The van der Waals surface area contributed by atoms with Gasteiger partial charge in [0.25, 0.3) is 0 Å². The molecule has 6 heteroatoms. The lowest BCUT2D eigenvalue weighted by atomic mass is 10.0. The van der Waals surface area contributed by atoms with Gasteiger partial charge in [0, 0.05) is 19.1 Å². The molecule has 0 aromatic heterocycles. The van der Waals surface area contributed by atoms with E-state index in [4.69, 9.17) is 5.11 Å². The molecule has 0 saturated carbocycles. The van der Waals surface area contributed by atoms with Gasteiger partial charge in [0.2, 0.25) is 0 Å². The lowest BCUT2D eigenvalue weighted by Crippen LogP contribution is -2.42. The lowest BCUT2D eigenvalue weighted by molar-refractivity contribution is 0.0695. The molecule has 1 aromatic rings. The zero-order valence-electron chi connectivity index (χ0n) is 11.6. The first-order valence-electron chi connectivity index (χ1n) is 6.54. The molecular weight excluding hydrogens is 327 g/mol. The summed E-state index contributed by atoms with van der Waals surface area (Å²) in [6, 6.07) is 3.53. The van der Waals surface area contributed by atoms with Gasteiger partial charge >= 0.3 is 5.97 Å². The molecule has 0 atom stereocenters. The van der Waals surface area contributed by atoms with Gasteiger partial charge in [-0.1, -0.05) is 0 Å². The van der Waals surface area contributed by atoms with E-state index < -0.39 is 11.8 Å². The summed E-state index contributed by atoms with van der Waals surface area (Å²) < 4.78 is 14.3. The molecule has 1 saturated heterocycles. The van der Waals surface area contributed by atoms with Gasteiger partial charge in [-0.3, -0.25) is 0 Å². The molecule has 0 bridgehead atoms. The molecule has 1 aliphatic rings. The van der Waals surface area contributed by atoms with Gasteiger partial charge in [-0.25, -0.2) is 9.18 Å². The highest BCUT2D eigenvalue weighted by Crippen LogP contribution is 2.31. The van der Waals surface area contributed by atoms with Crippen molar-refractivity contribution in [1.82, 2.24) is 4.90 Å². The molecular formula is C14H18BrFN2O2. The number of hydrogen-bond donors (Lipinski definition) is 1. The second-order valence-corrected chi connectivity index (χ2v) is 6.04. The predicted molar refractivity (Wildman–Crippen MR) is 80.0 cm³/mol. The second-order valence-electron chi connectivity index (χ2n) is 5.25. The first-order chi connectivity index (χ1) is 9.41. The average Bonchev–Trinajstić information content (AvgIpc) is 2.41. The van der Waals surface area contributed by atoms with E-state index in [2.05, 4.69) is 34.9 Å². The maximum Gasteiger partial charge on any atom is 0.336 e. The van der Waals surface area contributed by atoms with E-state index in [0.29, 0.717) is 11.7 Å². The molecule has 1 aromatic carbocycles. The topological polar surface area (TPSA) is 43.8 Å². The van der Waals surface area contributed by atoms with Crippen LogP contribution < -0.4 is 4.90 Å². The minimum absolute atomic E-state index is 0.0252. The Morgan fingerprint density at radius 2 is 2.00 bits per heavy atom. The minimum atomic E-state index is -1.13. The van der Waals surface area contributed by atoms with Crippen LogP contribution in [0.2, 0.25) is 0 Å². The van der Waals surface area contributed by atoms with Crippen LogP contribution in [0.3, 0.4) is 0 Å². The molecule has 110 valence electrons. The molecule has 1 N–H and O–H groups in total. The summed E-state index contributed by atoms with van der Waals surface area (Å²) in [6.07, 6.45) is 1.95. The summed E-state index contributed by atoms with van der Waals surface area (Å²) in [5.41, 5.74) is 0.425. The quantitative estimate of drug-likeness (QED) is 0.915. The van der Waals surface area contributed by atoms with Crippen LogP contribution in [0.4, 0.5) is 10.1 Å². The molecule has 0 amide bonds. The summed E-state index contributed by atoms with van der Waals surface area (Å²) in [6.45, 7) is 1.55. The molecule has 0 aliphatic carbocycles. The number of carboxylic acids is 1. The van der Waals surface area contributed by atoms with Crippen molar-refractivity contribution in [1.29, 1.82) is 0 Å². The number of anilines is 1. The van der Waals surface area contributed by atoms with Crippen LogP contribution in [-0.4, -0.2) is 49.2 Å². The van der Waals surface area contributed by atoms with Crippen molar-refractivity contribution in [2.24, 2.45) is 0 Å². The molecule has 20 heavy (non-hydrogen) atoms. The van der Waals surface area contributed by atoms with E-state index in [-0.39, 0.29) is 10.0 Å². The van der Waals surface area contributed by atoms with Crippen molar-refractivity contribution < 1.29 is 14.3 Å². The number of benzene rings is 1. The Morgan fingerprint density at radius 3 is 2.50 bits per heavy atom. The Labute approximate surface area is 126 Å². The Bertz CT molecular complexity index is 514. The minimum Gasteiger partial charge on any atom is -0.478 e. The lowest BCUT2D eigenvalue weighted by Gasteiger charge is -2.36.